The molecule has 0 amide bonds. The number of rotatable bonds is 5. The van der Waals surface area contributed by atoms with Crippen LogP contribution >= 0.6 is 0 Å². The maximum absolute atomic E-state index is 7.10. The smallest absolute Gasteiger partial charge is 0.162 e. The molecule has 8 atom stereocenters. The summed E-state index contributed by atoms with van der Waals surface area (Å²) in [5.41, 5.74) is 12.1. The highest BCUT2D eigenvalue weighted by Crippen LogP contribution is 2.56. The van der Waals surface area contributed by atoms with Gasteiger partial charge in [-0.1, -0.05) is 103 Å². The minimum atomic E-state index is 0.0911. The largest absolute Gasteiger partial charge is 0.482 e. The molecular formula is C48H52O2. The first-order chi connectivity index (χ1) is 24.8. The summed E-state index contributed by atoms with van der Waals surface area (Å²) in [6.07, 6.45) is 55.5. The second-order valence-electron chi connectivity index (χ2n) is 16.4. The van der Waals surface area contributed by atoms with Crippen molar-refractivity contribution in [2.45, 2.75) is 102 Å². The van der Waals surface area contributed by atoms with Crippen molar-refractivity contribution in [3.63, 3.8) is 0 Å². The van der Waals surface area contributed by atoms with E-state index < -0.39 is 0 Å². The van der Waals surface area contributed by atoms with E-state index in [4.69, 9.17) is 9.47 Å². The molecule has 0 N–H and O–H groups in total. The van der Waals surface area contributed by atoms with Gasteiger partial charge in [0.2, 0.25) is 0 Å². The molecule has 0 saturated heterocycles. The monoisotopic (exact) mass is 660 g/mol. The van der Waals surface area contributed by atoms with Crippen molar-refractivity contribution in [1.82, 2.24) is 0 Å². The molecule has 10 aliphatic rings. The molecule has 0 spiro atoms. The third-order valence-corrected chi connectivity index (χ3v) is 13.7. The molecule has 0 fully saturated rings. The van der Waals surface area contributed by atoms with Crippen LogP contribution in [0.1, 0.15) is 89.9 Å². The lowest BCUT2D eigenvalue weighted by atomic mass is 9.71. The van der Waals surface area contributed by atoms with E-state index in [0.29, 0.717) is 35.5 Å². The highest BCUT2D eigenvalue weighted by atomic mass is 16.5. The summed E-state index contributed by atoms with van der Waals surface area (Å²) in [5.74, 6) is 5.58. The van der Waals surface area contributed by atoms with Crippen LogP contribution in [0.3, 0.4) is 0 Å². The highest BCUT2D eigenvalue weighted by Gasteiger charge is 2.50. The van der Waals surface area contributed by atoms with Crippen LogP contribution in [-0.2, 0) is 9.47 Å². The van der Waals surface area contributed by atoms with Crippen molar-refractivity contribution in [2.75, 3.05) is 0 Å². The average Bonchev–Trinajstić information content (AvgIpc) is 3.78. The highest BCUT2D eigenvalue weighted by molar-refractivity contribution is 5.54. The molecule has 2 heterocycles. The summed E-state index contributed by atoms with van der Waals surface area (Å²) in [5, 5.41) is 0. The fraction of sp³-hybridized carbons (Fsp3) is 0.458. The molecule has 0 aromatic rings. The zero-order chi connectivity index (χ0) is 33.0. The van der Waals surface area contributed by atoms with Crippen molar-refractivity contribution in [3.05, 3.63) is 153 Å². The second-order valence-corrected chi connectivity index (χ2v) is 16.4. The Morgan fingerprint density at radius 2 is 1.56 bits per heavy atom. The summed E-state index contributed by atoms with van der Waals surface area (Å²) in [6.45, 7) is 0. The van der Waals surface area contributed by atoms with Gasteiger partial charge >= 0.3 is 0 Å². The summed E-state index contributed by atoms with van der Waals surface area (Å²) in [6, 6.07) is 0. The van der Waals surface area contributed by atoms with Gasteiger partial charge < -0.3 is 9.47 Å². The predicted molar refractivity (Wildman–Crippen MR) is 204 cm³/mol. The predicted octanol–water partition coefficient (Wildman–Crippen LogP) is 11.9. The molecule has 0 aromatic carbocycles. The number of hydrogen-bond donors (Lipinski definition) is 0. The van der Waals surface area contributed by atoms with Crippen LogP contribution in [0, 0.1) is 35.5 Å². The van der Waals surface area contributed by atoms with Crippen LogP contribution in [0.5, 0.6) is 0 Å². The second kappa shape index (κ2) is 13.1. The molecular weight excluding hydrogens is 609 g/mol. The third-order valence-electron chi connectivity index (χ3n) is 13.7. The maximum Gasteiger partial charge on any atom is 0.162 e. The van der Waals surface area contributed by atoms with E-state index in [1.807, 2.05) is 0 Å². The van der Waals surface area contributed by atoms with E-state index in [0.717, 1.165) is 50.0 Å². The maximum atomic E-state index is 7.10. The molecule has 0 saturated carbocycles. The minimum absolute atomic E-state index is 0.0911. The molecule has 8 unspecified atom stereocenters. The fourth-order valence-electron chi connectivity index (χ4n) is 11.1. The van der Waals surface area contributed by atoms with Crippen LogP contribution in [0.2, 0.25) is 0 Å². The Kier molecular flexibility index (Phi) is 8.11. The zero-order valence-corrected chi connectivity index (χ0v) is 29.6. The van der Waals surface area contributed by atoms with Gasteiger partial charge in [0, 0.05) is 11.8 Å². The molecule has 0 aromatic heterocycles. The molecule has 0 radical (unpaired) electrons. The van der Waals surface area contributed by atoms with Crippen LogP contribution in [-0.4, -0.2) is 12.2 Å². The Hall–Kier alpha value is -3.78. The minimum Gasteiger partial charge on any atom is -0.482 e. The van der Waals surface area contributed by atoms with Crippen LogP contribution in [0.4, 0.5) is 0 Å². The van der Waals surface area contributed by atoms with Gasteiger partial charge in [0.1, 0.15) is 12.2 Å². The molecule has 2 nitrogen and oxygen atoms in total. The Morgan fingerprint density at radius 1 is 0.620 bits per heavy atom. The lowest BCUT2D eigenvalue weighted by Gasteiger charge is -2.34. The van der Waals surface area contributed by atoms with E-state index in [9.17, 15) is 0 Å². The average molecular weight is 661 g/mol. The van der Waals surface area contributed by atoms with Gasteiger partial charge in [-0.2, -0.15) is 0 Å². The number of hydrogen-bond acceptors (Lipinski definition) is 2. The van der Waals surface area contributed by atoms with E-state index in [1.165, 1.54) is 79.2 Å². The first-order valence-electron chi connectivity index (χ1n) is 20.1. The van der Waals surface area contributed by atoms with Crippen LogP contribution in [0.25, 0.3) is 0 Å². The molecule has 10 rings (SSSR count). The molecule has 256 valence electrons. The van der Waals surface area contributed by atoms with Gasteiger partial charge in [0.15, 0.2) is 11.5 Å². The van der Waals surface area contributed by atoms with Gasteiger partial charge in [-0.3, -0.25) is 0 Å². The van der Waals surface area contributed by atoms with Crippen molar-refractivity contribution in [1.29, 1.82) is 0 Å². The zero-order valence-electron chi connectivity index (χ0n) is 29.6. The first kappa shape index (κ1) is 31.0. The van der Waals surface area contributed by atoms with Gasteiger partial charge in [-0.05, 0) is 153 Å². The van der Waals surface area contributed by atoms with Crippen molar-refractivity contribution in [2.24, 2.45) is 35.5 Å². The summed E-state index contributed by atoms with van der Waals surface area (Å²) in [4.78, 5) is 0. The first-order valence-corrected chi connectivity index (χ1v) is 20.1. The summed E-state index contributed by atoms with van der Waals surface area (Å²) >= 11 is 0. The van der Waals surface area contributed by atoms with Gasteiger partial charge in [0.25, 0.3) is 0 Å². The van der Waals surface area contributed by atoms with Gasteiger partial charge in [-0.25, -0.2) is 0 Å². The summed E-state index contributed by atoms with van der Waals surface area (Å²) < 4.78 is 14.1. The Labute approximate surface area is 299 Å². The lowest BCUT2D eigenvalue weighted by molar-refractivity contribution is 0.0919. The topological polar surface area (TPSA) is 18.5 Å². The number of ether oxygens (including phenoxy) is 2. The number of fused-ring (bicyclic) bond motifs is 5. The standard InChI is InChI=1S/C48H52O2/c1-4-12-31(13-5-1)36-28-37(32-14-6-2-7-15-32)30-38(29-36)33-22-24-35(25-23-33)40-19-11-21-42-44-27-26-43-41-20-10-18-39(34-16-8-3-9-17-34)45(41)49-47(43)48(44)50-46(40)42/h1,3-6,8,11-12,14-15,18-19,21,24,28,30-31,33-34,36,41-42,45-46H,2,7,9-10,13,16-17,20,22-23,25-27,29H2. The third kappa shape index (κ3) is 5.44. The van der Waals surface area contributed by atoms with E-state index in [-0.39, 0.29) is 12.2 Å². The lowest BCUT2D eigenvalue weighted by Crippen LogP contribution is -2.29. The molecule has 2 heteroatoms. The van der Waals surface area contributed by atoms with Crippen LogP contribution < -0.4 is 0 Å². The quantitative estimate of drug-likeness (QED) is 0.273. The van der Waals surface area contributed by atoms with E-state index >= 15 is 0 Å². The van der Waals surface area contributed by atoms with Gasteiger partial charge in [0.05, 0.1) is 0 Å². The normalized spacial score (nSPS) is 37.0. The molecule has 0 bridgehead atoms. The molecule has 50 heavy (non-hydrogen) atoms. The van der Waals surface area contributed by atoms with Crippen molar-refractivity contribution < 1.29 is 9.47 Å². The van der Waals surface area contributed by atoms with Crippen LogP contribution in [0.15, 0.2) is 153 Å². The Bertz CT molecular complexity index is 1850. The number of allylic oxidation sites excluding steroid dienone is 18. The van der Waals surface area contributed by atoms with Gasteiger partial charge in [-0.15, -0.1) is 0 Å². The van der Waals surface area contributed by atoms with E-state index in [1.54, 1.807) is 16.7 Å². The Balaban J connectivity index is 0.862. The SMILES string of the molecule is C1=CCC(C2C=C(C3=CCCC=C3)C=C(C3CC=C(C4=CC=CC5C6=C(OC45)C4=C(CC6)C5CCC=C(C6CC=CCC6)C5O4)CC3)C2)C=C1. The molecule has 8 aliphatic carbocycles. The van der Waals surface area contributed by atoms with Crippen molar-refractivity contribution in [3.8, 4) is 0 Å². The fourth-order valence-corrected chi connectivity index (χ4v) is 11.1. The summed E-state index contributed by atoms with van der Waals surface area (Å²) in [7, 11) is 0. The van der Waals surface area contributed by atoms with Crippen molar-refractivity contribution >= 4 is 0 Å². The van der Waals surface area contributed by atoms with E-state index in [2.05, 4.69) is 97.2 Å². The molecule has 2 aliphatic heterocycles. The Morgan fingerprint density at radius 3 is 2.40 bits per heavy atom.